The van der Waals surface area contributed by atoms with Gasteiger partial charge in [0.25, 0.3) is 11.6 Å². The van der Waals surface area contributed by atoms with Crippen LogP contribution in [0.5, 0.6) is 0 Å². The van der Waals surface area contributed by atoms with Crippen LogP contribution >= 0.6 is 0 Å². The Labute approximate surface area is 103 Å². The van der Waals surface area contributed by atoms with Gasteiger partial charge in [-0.15, -0.1) is 0 Å². The molecule has 1 aromatic carbocycles. The summed E-state index contributed by atoms with van der Waals surface area (Å²) in [4.78, 5) is 23.3. The molecule has 5 nitrogen and oxygen atoms in total. The van der Waals surface area contributed by atoms with Crippen LogP contribution in [0.3, 0.4) is 0 Å². The number of nitrogens with zero attached hydrogens (tertiary/aromatic N) is 2. The predicted molar refractivity (Wildman–Crippen MR) is 62.7 cm³/mol. The molecule has 0 saturated heterocycles. The normalized spacial score (nSPS) is 14.3. The monoisotopic (exact) mass is 252 g/mol. The van der Waals surface area contributed by atoms with Crippen LogP contribution in [0.2, 0.25) is 0 Å². The zero-order chi connectivity index (χ0) is 13.3. The van der Waals surface area contributed by atoms with Gasteiger partial charge in [0.05, 0.1) is 10.5 Å². The first-order valence-electron chi connectivity index (χ1n) is 5.68. The zero-order valence-corrected chi connectivity index (χ0v) is 9.93. The lowest BCUT2D eigenvalue weighted by molar-refractivity contribution is -0.384. The van der Waals surface area contributed by atoms with Crippen molar-refractivity contribution in [1.82, 2.24) is 4.90 Å². The molecule has 0 aromatic heterocycles. The largest absolute Gasteiger partial charge is 0.341 e. The Bertz CT molecular complexity index is 500. The Morgan fingerprint density at radius 1 is 1.56 bits per heavy atom. The number of benzene rings is 1. The molecule has 0 aliphatic heterocycles. The Hall–Kier alpha value is -1.98. The molecule has 1 amide bonds. The van der Waals surface area contributed by atoms with Crippen molar-refractivity contribution in [1.29, 1.82) is 0 Å². The lowest BCUT2D eigenvalue weighted by Crippen LogP contribution is -2.29. The predicted octanol–water partition coefficient (Wildman–Crippen LogP) is 2.22. The Kier molecular flexibility index (Phi) is 3.27. The summed E-state index contributed by atoms with van der Waals surface area (Å²) < 4.78 is 13.5. The van der Waals surface area contributed by atoms with Crippen LogP contribution in [-0.4, -0.2) is 29.3 Å². The van der Waals surface area contributed by atoms with E-state index in [1.807, 2.05) is 0 Å². The first kappa shape index (κ1) is 12.5. The molecular formula is C12H13FN2O3. The minimum atomic E-state index is -0.728. The number of carbonyl (C=O) groups is 1. The van der Waals surface area contributed by atoms with E-state index in [4.69, 9.17) is 0 Å². The van der Waals surface area contributed by atoms with Gasteiger partial charge < -0.3 is 4.90 Å². The fourth-order valence-electron chi connectivity index (χ4n) is 1.77. The first-order valence-corrected chi connectivity index (χ1v) is 5.68. The third kappa shape index (κ3) is 2.64. The smallest absolute Gasteiger partial charge is 0.270 e. The van der Waals surface area contributed by atoms with Crippen LogP contribution in [0.4, 0.5) is 10.1 Å². The van der Waals surface area contributed by atoms with Gasteiger partial charge in [-0.3, -0.25) is 14.9 Å². The van der Waals surface area contributed by atoms with Crippen molar-refractivity contribution in [3.05, 3.63) is 39.7 Å². The van der Waals surface area contributed by atoms with Gasteiger partial charge in [0.15, 0.2) is 0 Å². The summed E-state index contributed by atoms with van der Waals surface area (Å²) in [5.41, 5.74) is -0.521. The molecule has 1 saturated carbocycles. The second-order valence-corrected chi connectivity index (χ2v) is 4.55. The first-order chi connectivity index (χ1) is 8.49. The molecule has 1 aliphatic rings. The number of rotatable bonds is 4. The maximum absolute atomic E-state index is 13.5. The van der Waals surface area contributed by atoms with Gasteiger partial charge in [-0.2, -0.15) is 0 Å². The van der Waals surface area contributed by atoms with Crippen molar-refractivity contribution in [2.45, 2.75) is 12.8 Å². The van der Waals surface area contributed by atoms with Gasteiger partial charge in [0, 0.05) is 25.7 Å². The van der Waals surface area contributed by atoms with E-state index in [1.165, 1.54) is 4.90 Å². The van der Waals surface area contributed by atoms with E-state index in [0.717, 1.165) is 31.0 Å². The fraction of sp³-hybridized carbons (Fsp3) is 0.417. The number of nitro benzene ring substituents is 1. The van der Waals surface area contributed by atoms with Gasteiger partial charge in [-0.05, 0) is 24.8 Å². The number of hydrogen-bond acceptors (Lipinski definition) is 3. The molecule has 0 spiro atoms. The van der Waals surface area contributed by atoms with Crippen molar-refractivity contribution in [2.75, 3.05) is 13.6 Å². The maximum atomic E-state index is 13.5. The molecule has 0 radical (unpaired) electrons. The van der Waals surface area contributed by atoms with Crippen LogP contribution in [-0.2, 0) is 0 Å². The summed E-state index contributed by atoms with van der Waals surface area (Å²) in [6.45, 7) is 0.570. The van der Waals surface area contributed by atoms with Crippen LogP contribution in [0.1, 0.15) is 23.2 Å². The third-order valence-corrected chi connectivity index (χ3v) is 2.97. The summed E-state index contributed by atoms with van der Waals surface area (Å²) in [5, 5.41) is 10.6. The summed E-state index contributed by atoms with van der Waals surface area (Å²) >= 11 is 0. The number of hydrogen-bond donors (Lipinski definition) is 0. The van der Waals surface area contributed by atoms with Crippen molar-refractivity contribution in [3.63, 3.8) is 0 Å². The van der Waals surface area contributed by atoms with E-state index in [0.29, 0.717) is 12.5 Å². The topological polar surface area (TPSA) is 63.5 Å². The fourth-order valence-corrected chi connectivity index (χ4v) is 1.77. The van der Waals surface area contributed by atoms with E-state index in [-0.39, 0.29) is 11.3 Å². The lowest BCUT2D eigenvalue weighted by Gasteiger charge is -2.16. The summed E-state index contributed by atoms with van der Waals surface area (Å²) in [7, 11) is 1.58. The van der Waals surface area contributed by atoms with Crippen molar-refractivity contribution in [2.24, 2.45) is 5.92 Å². The molecule has 0 bridgehead atoms. The number of halogens is 1. The lowest BCUT2D eigenvalue weighted by atomic mass is 10.1. The molecule has 1 aromatic rings. The number of non-ortho nitro benzene ring substituents is 1. The van der Waals surface area contributed by atoms with Crippen molar-refractivity contribution < 1.29 is 14.1 Å². The van der Waals surface area contributed by atoms with E-state index in [2.05, 4.69) is 0 Å². The second kappa shape index (κ2) is 4.72. The van der Waals surface area contributed by atoms with E-state index < -0.39 is 16.6 Å². The summed E-state index contributed by atoms with van der Waals surface area (Å²) in [6, 6.07) is 2.99. The van der Waals surface area contributed by atoms with Crippen LogP contribution in [0, 0.1) is 21.8 Å². The average Bonchev–Trinajstić information content (AvgIpc) is 3.12. The number of amides is 1. The van der Waals surface area contributed by atoms with Gasteiger partial charge in [-0.1, -0.05) is 0 Å². The van der Waals surface area contributed by atoms with E-state index in [9.17, 15) is 19.3 Å². The molecular weight excluding hydrogens is 239 g/mol. The molecule has 6 heteroatoms. The van der Waals surface area contributed by atoms with Crippen LogP contribution < -0.4 is 0 Å². The Balaban J connectivity index is 2.22. The maximum Gasteiger partial charge on any atom is 0.270 e. The minimum Gasteiger partial charge on any atom is -0.341 e. The van der Waals surface area contributed by atoms with Crippen LogP contribution in [0.15, 0.2) is 18.2 Å². The van der Waals surface area contributed by atoms with Gasteiger partial charge in [-0.25, -0.2) is 4.39 Å². The molecule has 0 atom stereocenters. The van der Waals surface area contributed by atoms with Crippen LogP contribution in [0.25, 0.3) is 0 Å². The highest BCUT2D eigenvalue weighted by Gasteiger charge is 2.27. The number of nitro groups is 1. The quantitative estimate of drug-likeness (QED) is 0.609. The third-order valence-electron chi connectivity index (χ3n) is 2.97. The highest BCUT2D eigenvalue weighted by atomic mass is 19.1. The highest BCUT2D eigenvalue weighted by Crippen LogP contribution is 2.30. The second-order valence-electron chi connectivity index (χ2n) is 4.55. The summed E-state index contributed by atoms with van der Waals surface area (Å²) in [5.74, 6) is -0.753. The standard InChI is InChI=1S/C12H13FN2O3/c1-14(7-8-2-3-8)12(16)10-6-9(15(17)18)4-5-11(10)13/h4-6,8H,2-3,7H2,1H3. The van der Waals surface area contributed by atoms with Gasteiger partial charge in [0.2, 0.25) is 0 Å². The molecule has 0 N–H and O–H groups in total. The van der Waals surface area contributed by atoms with Gasteiger partial charge in [0.1, 0.15) is 5.82 Å². The van der Waals surface area contributed by atoms with E-state index in [1.54, 1.807) is 7.05 Å². The molecule has 96 valence electrons. The molecule has 0 heterocycles. The zero-order valence-electron chi connectivity index (χ0n) is 9.93. The van der Waals surface area contributed by atoms with Crippen molar-refractivity contribution in [3.8, 4) is 0 Å². The Morgan fingerprint density at radius 2 is 2.22 bits per heavy atom. The molecule has 2 rings (SSSR count). The molecule has 1 fully saturated rings. The highest BCUT2D eigenvalue weighted by molar-refractivity contribution is 5.95. The molecule has 1 aliphatic carbocycles. The van der Waals surface area contributed by atoms with Gasteiger partial charge >= 0.3 is 0 Å². The Morgan fingerprint density at radius 3 is 2.78 bits per heavy atom. The van der Waals surface area contributed by atoms with Crippen molar-refractivity contribution >= 4 is 11.6 Å². The average molecular weight is 252 g/mol. The minimum absolute atomic E-state index is 0.243. The molecule has 18 heavy (non-hydrogen) atoms. The molecule has 0 unspecified atom stereocenters. The van der Waals surface area contributed by atoms with E-state index >= 15 is 0 Å². The summed E-state index contributed by atoms with van der Waals surface area (Å²) in [6.07, 6.45) is 2.16. The SMILES string of the molecule is CN(CC1CC1)C(=O)c1cc([N+](=O)[O-])ccc1F. The number of carbonyl (C=O) groups excluding carboxylic acids is 1.